The minimum atomic E-state index is 0.491. The van der Waals surface area contributed by atoms with Gasteiger partial charge < -0.3 is 20.3 Å². The number of hydrogen-bond donors (Lipinski definition) is 2. The fourth-order valence-corrected chi connectivity index (χ4v) is 3.41. The van der Waals surface area contributed by atoms with Crippen molar-refractivity contribution in [3.8, 4) is 5.75 Å². The average Bonchev–Trinajstić information content (AvgIpc) is 2.69. The molecule has 0 aromatic heterocycles. The van der Waals surface area contributed by atoms with Gasteiger partial charge in [0.2, 0.25) is 0 Å². The molecular weight excluding hydrogens is 350 g/mol. The van der Waals surface area contributed by atoms with Gasteiger partial charge in [0.05, 0.1) is 13.2 Å². The highest BCUT2D eigenvalue weighted by molar-refractivity contribution is 5.79. The van der Waals surface area contributed by atoms with E-state index in [-0.39, 0.29) is 0 Å². The summed E-state index contributed by atoms with van der Waals surface area (Å²) < 4.78 is 5.75. The topological polar surface area (TPSA) is 52.1 Å². The summed E-state index contributed by atoms with van der Waals surface area (Å²) in [4.78, 5) is 9.89. The SMILES string of the molecule is CCNC(=NCC(C(C)C)N1CCN(C)CC1)NCCCOc1ccccc1. The van der Waals surface area contributed by atoms with Crippen LogP contribution in [0, 0.1) is 5.92 Å². The van der Waals surface area contributed by atoms with E-state index in [1.54, 1.807) is 0 Å². The molecule has 0 aliphatic carbocycles. The van der Waals surface area contributed by atoms with Gasteiger partial charge in [-0.15, -0.1) is 0 Å². The highest BCUT2D eigenvalue weighted by Crippen LogP contribution is 2.14. The lowest BCUT2D eigenvalue weighted by molar-refractivity contribution is 0.0925. The van der Waals surface area contributed by atoms with Crippen LogP contribution in [0.5, 0.6) is 5.75 Å². The first-order valence-electron chi connectivity index (χ1n) is 10.7. The van der Waals surface area contributed by atoms with Crippen molar-refractivity contribution < 1.29 is 4.74 Å². The van der Waals surface area contributed by atoms with E-state index in [1.165, 1.54) is 0 Å². The van der Waals surface area contributed by atoms with Crippen molar-refractivity contribution in [2.45, 2.75) is 33.2 Å². The van der Waals surface area contributed by atoms with Crippen molar-refractivity contribution in [1.29, 1.82) is 0 Å². The molecule has 1 aromatic carbocycles. The number of ether oxygens (including phenoxy) is 1. The van der Waals surface area contributed by atoms with Crippen LogP contribution in [0.1, 0.15) is 27.2 Å². The third-order valence-electron chi connectivity index (χ3n) is 5.18. The number of piperazine rings is 1. The van der Waals surface area contributed by atoms with E-state index in [1.807, 2.05) is 30.3 Å². The summed E-state index contributed by atoms with van der Waals surface area (Å²) >= 11 is 0. The number of para-hydroxylation sites is 1. The van der Waals surface area contributed by atoms with Crippen LogP contribution in [-0.2, 0) is 0 Å². The molecule has 28 heavy (non-hydrogen) atoms. The summed E-state index contributed by atoms with van der Waals surface area (Å²) in [6, 6.07) is 10.5. The lowest BCUT2D eigenvalue weighted by Crippen LogP contribution is -2.52. The molecule has 1 aromatic rings. The molecule has 0 spiro atoms. The first-order valence-corrected chi connectivity index (χ1v) is 10.7. The molecule has 0 radical (unpaired) electrons. The summed E-state index contributed by atoms with van der Waals surface area (Å²) in [6.07, 6.45) is 0.936. The van der Waals surface area contributed by atoms with Gasteiger partial charge >= 0.3 is 0 Å². The third-order valence-corrected chi connectivity index (χ3v) is 5.18. The number of nitrogens with zero attached hydrogens (tertiary/aromatic N) is 3. The lowest BCUT2D eigenvalue weighted by atomic mass is 10.0. The molecule has 1 atom stereocenters. The van der Waals surface area contributed by atoms with Crippen molar-refractivity contribution in [1.82, 2.24) is 20.4 Å². The maximum absolute atomic E-state index is 5.75. The zero-order valence-corrected chi connectivity index (χ0v) is 18.2. The van der Waals surface area contributed by atoms with E-state index in [0.717, 1.165) is 63.9 Å². The number of benzene rings is 1. The largest absolute Gasteiger partial charge is 0.494 e. The second-order valence-corrected chi connectivity index (χ2v) is 7.81. The molecule has 158 valence electrons. The van der Waals surface area contributed by atoms with Gasteiger partial charge in [0.25, 0.3) is 0 Å². The Morgan fingerprint density at radius 1 is 1.11 bits per heavy atom. The van der Waals surface area contributed by atoms with E-state index in [0.29, 0.717) is 18.6 Å². The predicted octanol–water partition coefficient (Wildman–Crippen LogP) is 2.28. The maximum atomic E-state index is 5.75. The van der Waals surface area contributed by atoms with Gasteiger partial charge in [-0.05, 0) is 38.4 Å². The summed E-state index contributed by atoms with van der Waals surface area (Å²) in [5, 5.41) is 6.81. The summed E-state index contributed by atoms with van der Waals surface area (Å²) in [5.74, 6) is 2.42. The number of hydrogen-bond acceptors (Lipinski definition) is 4. The maximum Gasteiger partial charge on any atom is 0.191 e. The Morgan fingerprint density at radius 3 is 2.46 bits per heavy atom. The molecule has 2 rings (SSSR count). The van der Waals surface area contributed by atoms with Crippen molar-refractivity contribution in [3.05, 3.63) is 30.3 Å². The average molecular weight is 390 g/mol. The molecule has 2 N–H and O–H groups in total. The van der Waals surface area contributed by atoms with Crippen LogP contribution < -0.4 is 15.4 Å². The van der Waals surface area contributed by atoms with Gasteiger partial charge in [0, 0.05) is 45.3 Å². The van der Waals surface area contributed by atoms with Gasteiger partial charge in [-0.3, -0.25) is 9.89 Å². The van der Waals surface area contributed by atoms with Gasteiger partial charge in [0.15, 0.2) is 5.96 Å². The van der Waals surface area contributed by atoms with Crippen molar-refractivity contribution in [3.63, 3.8) is 0 Å². The minimum absolute atomic E-state index is 0.491. The number of aliphatic imine (C=N–C) groups is 1. The minimum Gasteiger partial charge on any atom is -0.494 e. The molecule has 1 unspecified atom stereocenters. The van der Waals surface area contributed by atoms with E-state index in [2.05, 4.69) is 48.3 Å². The zero-order valence-electron chi connectivity index (χ0n) is 18.2. The summed E-state index contributed by atoms with van der Waals surface area (Å²) in [7, 11) is 2.20. The Kier molecular flexibility index (Phi) is 10.1. The molecule has 1 saturated heterocycles. The van der Waals surface area contributed by atoms with Crippen LogP contribution in [0.2, 0.25) is 0 Å². The van der Waals surface area contributed by atoms with Gasteiger partial charge in [-0.1, -0.05) is 32.0 Å². The predicted molar refractivity (Wildman–Crippen MR) is 118 cm³/mol. The Balaban J connectivity index is 1.77. The Hall–Kier alpha value is -1.79. The summed E-state index contributed by atoms with van der Waals surface area (Å²) in [6.45, 7) is 14.5. The highest BCUT2D eigenvalue weighted by Gasteiger charge is 2.24. The number of rotatable bonds is 10. The van der Waals surface area contributed by atoms with Gasteiger partial charge in [0.1, 0.15) is 5.75 Å². The first kappa shape index (κ1) is 22.5. The number of guanidine groups is 1. The van der Waals surface area contributed by atoms with Crippen LogP contribution in [0.15, 0.2) is 35.3 Å². The zero-order chi connectivity index (χ0) is 20.2. The molecule has 1 aliphatic rings. The molecule has 6 nitrogen and oxygen atoms in total. The molecule has 0 saturated carbocycles. The molecule has 0 bridgehead atoms. The second kappa shape index (κ2) is 12.6. The fraction of sp³-hybridized carbons (Fsp3) is 0.682. The van der Waals surface area contributed by atoms with Gasteiger partial charge in [-0.25, -0.2) is 0 Å². The normalized spacial score (nSPS) is 17.5. The first-order chi connectivity index (χ1) is 13.6. The van der Waals surface area contributed by atoms with Crippen LogP contribution in [-0.4, -0.2) is 81.3 Å². The van der Waals surface area contributed by atoms with Crippen LogP contribution in [0.3, 0.4) is 0 Å². The number of nitrogens with one attached hydrogen (secondary N) is 2. The molecule has 0 amide bonds. The smallest absolute Gasteiger partial charge is 0.191 e. The van der Waals surface area contributed by atoms with E-state index >= 15 is 0 Å². The van der Waals surface area contributed by atoms with Crippen molar-refractivity contribution >= 4 is 5.96 Å². The van der Waals surface area contributed by atoms with Crippen molar-refractivity contribution in [2.24, 2.45) is 10.9 Å². The Labute approximate surface area is 171 Å². The number of likely N-dealkylation sites (N-methyl/N-ethyl adjacent to an activating group) is 1. The van der Waals surface area contributed by atoms with E-state index in [9.17, 15) is 0 Å². The van der Waals surface area contributed by atoms with E-state index < -0.39 is 0 Å². The molecule has 1 heterocycles. The monoisotopic (exact) mass is 389 g/mol. The Morgan fingerprint density at radius 2 is 1.82 bits per heavy atom. The fourth-order valence-electron chi connectivity index (χ4n) is 3.41. The second-order valence-electron chi connectivity index (χ2n) is 7.81. The lowest BCUT2D eigenvalue weighted by Gasteiger charge is -2.39. The summed E-state index contributed by atoms with van der Waals surface area (Å²) in [5.41, 5.74) is 0. The molecular formula is C22H39N5O. The quantitative estimate of drug-likeness (QED) is 0.365. The van der Waals surface area contributed by atoms with E-state index in [4.69, 9.17) is 9.73 Å². The standard InChI is InChI=1S/C22H39N5O/c1-5-23-22(24-12-9-17-28-20-10-7-6-8-11-20)25-18-21(19(2)3)27-15-13-26(4)14-16-27/h6-8,10-11,19,21H,5,9,12-18H2,1-4H3,(H2,23,24,25). The Bertz CT molecular complexity index is 555. The molecule has 6 heteroatoms. The highest BCUT2D eigenvalue weighted by atomic mass is 16.5. The third kappa shape index (κ3) is 8.07. The van der Waals surface area contributed by atoms with Crippen molar-refractivity contribution in [2.75, 3.05) is 59.5 Å². The van der Waals surface area contributed by atoms with Crippen LogP contribution in [0.25, 0.3) is 0 Å². The van der Waals surface area contributed by atoms with Crippen LogP contribution in [0.4, 0.5) is 0 Å². The molecule has 1 aliphatic heterocycles. The van der Waals surface area contributed by atoms with Crippen LogP contribution >= 0.6 is 0 Å². The molecule has 1 fully saturated rings. The van der Waals surface area contributed by atoms with Gasteiger partial charge in [-0.2, -0.15) is 0 Å².